The van der Waals surface area contributed by atoms with Crippen LogP contribution in [-0.4, -0.2) is 19.7 Å². The minimum atomic E-state index is -0.397. The molecule has 0 unspecified atom stereocenters. The molecule has 0 aromatic heterocycles. The molecule has 0 bridgehead atoms. The Balaban J connectivity index is 1.62. The molecule has 0 spiro atoms. The van der Waals surface area contributed by atoms with Gasteiger partial charge >= 0.3 is 5.97 Å². The highest BCUT2D eigenvalue weighted by molar-refractivity contribution is 5.80. The van der Waals surface area contributed by atoms with Gasteiger partial charge in [-0.1, -0.05) is 107 Å². The lowest BCUT2D eigenvalue weighted by molar-refractivity contribution is -0.142. The summed E-state index contributed by atoms with van der Waals surface area (Å²) < 4.78 is 10.9. The number of methoxy groups -OCH3 is 1. The van der Waals surface area contributed by atoms with Crippen molar-refractivity contribution in [1.29, 1.82) is 0 Å². The highest BCUT2D eigenvalue weighted by atomic mass is 16.6. The molecule has 39 heavy (non-hydrogen) atoms. The maximum Gasteiger partial charge on any atom is 0.343 e. The second-order valence-corrected chi connectivity index (χ2v) is 11.9. The van der Waals surface area contributed by atoms with Gasteiger partial charge in [-0.05, 0) is 81.2 Å². The topological polar surface area (TPSA) is 35.5 Å². The molecule has 0 radical (unpaired) electrons. The predicted molar refractivity (Wildman–Crippen MR) is 159 cm³/mol. The van der Waals surface area contributed by atoms with E-state index >= 15 is 0 Å². The molecule has 1 aliphatic rings. The lowest BCUT2D eigenvalue weighted by Gasteiger charge is -2.42. The molecule has 0 fully saturated rings. The quantitative estimate of drug-likeness (QED) is 0.230. The first-order valence-corrected chi connectivity index (χ1v) is 13.8. The average molecular weight is 519 g/mol. The number of fused-ring (bicyclic) bond motifs is 1. The Labute approximate surface area is 232 Å². The number of rotatable bonds is 7. The van der Waals surface area contributed by atoms with Crippen molar-refractivity contribution in [1.82, 2.24) is 0 Å². The van der Waals surface area contributed by atoms with Crippen molar-refractivity contribution in [2.75, 3.05) is 13.7 Å². The lowest BCUT2D eigenvalue weighted by atomic mass is 9.63. The van der Waals surface area contributed by atoms with Gasteiger partial charge in [0, 0.05) is 5.56 Å². The molecule has 0 heterocycles. The zero-order chi connectivity index (χ0) is 27.6. The van der Waals surface area contributed by atoms with Gasteiger partial charge in [0.1, 0.15) is 5.75 Å². The molecule has 4 aromatic rings. The third-order valence-electron chi connectivity index (χ3n) is 8.28. The fourth-order valence-corrected chi connectivity index (χ4v) is 5.77. The van der Waals surface area contributed by atoms with Gasteiger partial charge in [-0.2, -0.15) is 0 Å². The molecule has 5 rings (SSSR count). The van der Waals surface area contributed by atoms with Gasteiger partial charge in [-0.3, -0.25) is 0 Å². The van der Waals surface area contributed by atoms with Crippen LogP contribution >= 0.6 is 0 Å². The molecule has 4 aromatic carbocycles. The number of carbonyl (C=O) groups is 1. The molecule has 0 saturated carbocycles. The molecule has 200 valence electrons. The minimum Gasteiger partial charge on any atom is -0.481 e. The molecule has 0 N–H and O–H groups in total. The highest BCUT2D eigenvalue weighted by Crippen LogP contribution is 2.47. The maximum absolute atomic E-state index is 11.9. The Morgan fingerprint density at radius 3 is 2.10 bits per heavy atom. The first-order valence-electron chi connectivity index (χ1n) is 13.8. The molecular formula is C36H38O3. The Morgan fingerprint density at radius 2 is 1.36 bits per heavy atom. The van der Waals surface area contributed by atoms with Crippen LogP contribution in [0.2, 0.25) is 0 Å². The zero-order valence-corrected chi connectivity index (χ0v) is 23.7. The van der Waals surface area contributed by atoms with Crippen LogP contribution < -0.4 is 4.74 Å². The fourth-order valence-electron chi connectivity index (χ4n) is 5.77. The van der Waals surface area contributed by atoms with Crippen LogP contribution in [0.3, 0.4) is 0 Å². The summed E-state index contributed by atoms with van der Waals surface area (Å²) in [5.41, 5.74) is 10.00. The van der Waals surface area contributed by atoms with E-state index in [4.69, 9.17) is 9.47 Å². The number of hydrogen-bond acceptors (Lipinski definition) is 3. The normalized spacial score (nSPS) is 15.3. The third-order valence-corrected chi connectivity index (χ3v) is 8.28. The van der Waals surface area contributed by atoms with Crippen LogP contribution in [0.1, 0.15) is 62.8 Å². The second-order valence-electron chi connectivity index (χ2n) is 11.9. The molecular weight excluding hydrogens is 480 g/mol. The molecule has 3 heteroatoms. The first-order chi connectivity index (χ1) is 18.7. The van der Waals surface area contributed by atoms with E-state index in [-0.39, 0.29) is 17.4 Å². The smallest absolute Gasteiger partial charge is 0.343 e. The van der Waals surface area contributed by atoms with Gasteiger partial charge in [0.05, 0.1) is 7.11 Å². The van der Waals surface area contributed by atoms with Gasteiger partial charge in [0.15, 0.2) is 6.61 Å². The summed E-state index contributed by atoms with van der Waals surface area (Å²) in [5, 5.41) is 0. The van der Waals surface area contributed by atoms with Crippen LogP contribution in [0.25, 0.3) is 22.3 Å². The van der Waals surface area contributed by atoms with Gasteiger partial charge < -0.3 is 9.47 Å². The van der Waals surface area contributed by atoms with Crippen molar-refractivity contribution in [3.05, 3.63) is 113 Å². The van der Waals surface area contributed by atoms with Crippen LogP contribution in [0, 0.1) is 0 Å². The Bertz CT molecular complexity index is 1480. The van der Waals surface area contributed by atoms with Crippen LogP contribution in [0.5, 0.6) is 5.75 Å². The molecule has 0 atom stereocenters. The van der Waals surface area contributed by atoms with Gasteiger partial charge in [0.25, 0.3) is 0 Å². The Hall–Kier alpha value is -3.85. The fraction of sp³-hybridized carbons (Fsp3) is 0.306. The molecule has 3 nitrogen and oxygen atoms in total. The van der Waals surface area contributed by atoms with Crippen molar-refractivity contribution in [2.45, 2.75) is 57.8 Å². The number of ether oxygens (including phenoxy) is 2. The van der Waals surface area contributed by atoms with Crippen molar-refractivity contribution in [2.24, 2.45) is 0 Å². The average Bonchev–Trinajstić information content (AvgIpc) is 2.95. The molecule has 0 amide bonds. The molecule has 0 saturated heterocycles. The lowest BCUT2D eigenvalue weighted by Crippen LogP contribution is -2.33. The summed E-state index contributed by atoms with van der Waals surface area (Å²) >= 11 is 0. The van der Waals surface area contributed by atoms with Gasteiger partial charge in [-0.25, -0.2) is 4.79 Å². The van der Waals surface area contributed by atoms with E-state index < -0.39 is 5.97 Å². The Kier molecular flexibility index (Phi) is 7.36. The molecule has 1 aliphatic carbocycles. The van der Waals surface area contributed by atoms with E-state index in [0.717, 1.165) is 29.5 Å². The number of carbonyl (C=O) groups excluding carboxylic acids is 1. The third kappa shape index (κ3) is 5.63. The maximum atomic E-state index is 11.9. The second kappa shape index (κ2) is 10.7. The van der Waals surface area contributed by atoms with E-state index in [1.807, 2.05) is 6.07 Å². The largest absolute Gasteiger partial charge is 0.481 e. The number of hydrogen-bond donors (Lipinski definition) is 0. The summed E-state index contributed by atoms with van der Waals surface area (Å²) in [7, 11) is 1.38. The van der Waals surface area contributed by atoms with E-state index in [9.17, 15) is 4.79 Å². The number of esters is 1. The highest BCUT2D eigenvalue weighted by Gasteiger charge is 2.37. The van der Waals surface area contributed by atoms with E-state index in [1.165, 1.54) is 41.3 Å². The summed E-state index contributed by atoms with van der Waals surface area (Å²) in [6.45, 7) is 9.24. The first kappa shape index (κ1) is 26.7. The van der Waals surface area contributed by atoms with Crippen LogP contribution in [-0.2, 0) is 26.8 Å². The summed E-state index contributed by atoms with van der Waals surface area (Å²) in [6.07, 6.45) is 3.18. The predicted octanol–water partition coefficient (Wildman–Crippen LogP) is 8.51. The van der Waals surface area contributed by atoms with E-state index in [2.05, 4.69) is 113 Å². The van der Waals surface area contributed by atoms with Crippen molar-refractivity contribution < 1.29 is 14.3 Å². The van der Waals surface area contributed by atoms with E-state index in [0.29, 0.717) is 5.75 Å². The van der Waals surface area contributed by atoms with Crippen molar-refractivity contribution >= 4 is 5.97 Å². The standard InChI is InChI=1S/C36H38O3/c1-35(2)19-20-36(3,4)32-23-28(15-17-31(32)35)30-22-27(16-18-33(30)39-24-34(37)38-5)29-14-10-9-13-26(29)21-25-11-7-6-8-12-25/h6-18,22-23H,19-21,24H2,1-5H3. The van der Waals surface area contributed by atoms with Gasteiger partial charge in [0.2, 0.25) is 0 Å². The van der Waals surface area contributed by atoms with Crippen LogP contribution in [0.4, 0.5) is 0 Å². The van der Waals surface area contributed by atoms with Gasteiger partial charge in [-0.15, -0.1) is 0 Å². The monoisotopic (exact) mass is 518 g/mol. The Morgan fingerprint density at radius 1 is 0.718 bits per heavy atom. The van der Waals surface area contributed by atoms with Crippen LogP contribution in [0.15, 0.2) is 91.0 Å². The van der Waals surface area contributed by atoms with E-state index in [1.54, 1.807) is 0 Å². The van der Waals surface area contributed by atoms with Crippen molar-refractivity contribution in [3.8, 4) is 28.0 Å². The SMILES string of the molecule is COC(=O)COc1ccc(-c2ccccc2Cc2ccccc2)cc1-c1ccc2c(c1)C(C)(C)CCC2(C)C. The summed E-state index contributed by atoms with van der Waals surface area (Å²) in [6, 6.07) is 32.3. The number of benzene rings is 4. The van der Waals surface area contributed by atoms with Crippen molar-refractivity contribution in [3.63, 3.8) is 0 Å². The minimum absolute atomic E-state index is 0.0911. The zero-order valence-electron chi connectivity index (χ0n) is 23.7. The molecule has 0 aliphatic heterocycles. The summed E-state index contributed by atoms with van der Waals surface area (Å²) in [5.74, 6) is 0.282. The summed E-state index contributed by atoms with van der Waals surface area (Å²) in [4.78, 5) is 11.9.